The molecule has 0 aliphatic carbocycles. The monoisotopic (exact) mass is 385 g/mol. The van der Waals surface area contributed by atoms with Crippen LogP contribution in [-0.2, 0) is 0 Å². The molecule has 4 nitrogen and oxygen atoms in total. The molecule has 1 aliphatic rings. The van der Waals surface area contributed by atoms with Gasteiger partial charge in [-0.1, -0.05) is 0 Å². The summed E-state index contributed by atoms with van der Waals surface area (Å²) >= 11 is 6.57. The summed E-state index contributed by atoms with van der Waals surface area (Å²) in [7, 11) is 0. The second kappa shape index (κ2) is 7.00. The van der Waals surface area contributed by atoms with E-state index in [0.717, 1.165) is 34.0 Å². The summed E-state index contributed by atoms with van der Waals surface area (Å²) in [4.78, 5) is 17.7. The van der Waals surface area contributed by atoms with Crippen molar-refractivity contribution in [2.75, 3.05) is 19.6 Å². The number of nitrogens with one attached hydrogen (secondary N) is 2. The molecule has 2 aromatic rings. The highest BCUT2D eigenvalue weighted by Gasteiger charge is 2.16. The van der Waals surface area contributed by atoms with E-state index in [0.29, 0.717) is 11.6 Å². The summed E-state index contributed by atoms with van der Waals surface area (Å²) in [5.74, 6) is 0.466. The zero-order chi connectivity index (χ0) is 14.7. The van der Waals surface area contributed by atoms with Crippen LogP contribution in [0.4, 0.5) is 0 Å². The predicted molar refractivity (Wildman–Crippen MR) is 91.1 cm³/mol. The highest BCUT2D eigenvalue weighted by atomic mass is 79.9. The largest absolute Gasteiger partial charge is 0.350 e. The maximum Gasteiger partial charge on any atom is 0.270 e. The van der Waals surface area contributed by atoms with Crippen molar-refractivity contribution in [2.45, 2.75) is 12.8 Å². The van der Waals surface area contributed by atoms with E-state index in [2.05, 4.69) is 31.5 Å². The van der Waals surface area contributed by atoms with Crippen molar-refractivity contribution in [2.24, 2.45) is 5.92 Å². The van der Waals surface area contributed by atoms with Crippen LogP contribution in [0.25, 0.3) is 9.88 Å². The molecule has 3 heterocycles. The predicted octanol–water partition coefficient (Wildman–Crippen LogP) is 3.36. The van der Waals surface area contributed by atoms with Gasteiger partial charge in [-0.3, -0.25) is 4.79 Å². The number of piperidine rings is 1. The molecule has 1 saturated heterocycles. The summed E-state index contributed by atoms with van der Waals surface area (Å²) in [6.07, 6.45) is 2.37. The average molecular weight is 386 g/mol. The summed E-state index contributed by atoms with van der Waals surface area (Å²) in [6.45, 7) is 2.81. The van der Waals surface area contributed by atoms with E-state index in [1.165, 1.54) is 24.2 Å². The van der Waals surface area contributed by atoms with Crippen molar-refractivity contribution in [3.8, 4) is 9.88 Å². The van der Waals surface area contributed by atoms with Crippen LogP contribution in [0.3, 0.4) is 0 Å². The van der Waals surface area contributed by atoms with Crippen LogP contribution in [0.1, 0.15) is 23.3 Å². The number of aromatic nitrogens is 1. The minimum atomic E-state index is -0.0707. The van der Waals surface area contributed by atoms with Crippen molar-refractivity contribution in [3.63, 3.8) is 0 Å². The lowest BCUT2D eigenvalue weighted by Gasteiger charge is -2.22. The number of nitrogens with zero attached hydrogens (tertiary/aromatic N) is 1. The summed E-state index contributed by atoms with van der Waals surface area (Å²) in [5, 5.41) is 11.1. The van der Waals surface area contributed by atoms with Crippen LogP contribution < -0.4 is 10.6 Å². The van der Waals surface area contributed by atoms with E-state index in [1.54, 1.807) is 11.3 Å². The Bertz CT molecular complexity index is 619. The van der Waals surface area contributed by atoms with Crippen molar-refractivity contribution >= 4 is 44.5 Å². The van der Waals surface area contributed by atoms with E-state index < -0.39 is 0 Å². The lowest BCUT2D eigenvalue weighted by atomic mass is 10.00. The fraction of sp³-hybridized carbons (Fsp3) is 0.429. The van der Waals surface area contributed by atoms with E-state index in [9.17, 15) is 4.79 Å². The molecule has 1 unspecified atom stereocenters. The Morgan fingerprint density at radius 1 is 1.48 bits per heavy atom. The molecule has 1 atom stereocenters. The summed E-state index contributed by atoms with van der Waals surface area (Å²) in [5.41, 5.74) is 0.517. The number of thiophene rings is 1. The van der Waals surface area contributed by atoms with Crippen molar-refractivity contribution in [1.29, 1.82) is 0 Å². The first-order chi connectivity index (χ1) is 10.2. The third kappa shape index (κ3) is 3.91. The van der Waals surface area contributed by atoms with Crippen LogP contribution in [0, 0.1) is 5.92 Å². The Morgan fingerprint density at radius 3 is 3.10 bits per heavy atom. The zero-order valence-electron chi connectivity index (χ0n) is 11.4. The topological polar surface area (TPSA) is 54.0 Å². The van der Waals surface area contributed by atoms with Crippen LogP contribution in [0.5, 0.6) is 0 Å². The zero-order valence-corrected chi connectivity index (χ0v) is 14.6. The number of carbonyl (C=O) groups excluding carboxylic acids is 1. The molecule has 112 valence electrons. The smallest absolute Gasteiger partial charge is 0.270 e. The number of carbonyl (C=O) groups is 1. The third-order valence-electron chi connectivity index (χ3n) is 3.47. The molecule has 1 fully saturated rings. The molecular weight excluding hydrogens is 370 g/mol. The Hall–Kier alpha value is -0.760. The molecule has 0 bridgehead atoms. The van der Waals surface area contributed by atoms with E-state index in [4.69, 9.17) is 0 Å². The molecule has 2 N–H and O–H groups in total. The number of halogens is 1. The number of amides is 1. The minimum absolute atomic E-state index is 0.0707. The van der Waals surface area contributed by atoms with Crippen LogP contribution in [0.2, 0.25) is 0 Å². The lowest BCUT2D eigenvalue weighted by Crippen LogP contribution is -2.38. The lowest BCUT2D eigenvalue weighted by molar-refractivity contribution is 0.0940. The minimum Gasteiger partial charge on any atom is -0.350 e. The van der Waals surface area contributed by atoms with Gasteiger partial charge in [0, 0.05) is 21.8 Å². The maximum atomic E-state index is 12.1. The quantitative estimate of drug-likeness (QED) is 0.847. The van der Waals surface area contributed by atoms with E-state index in [1.807, 2.05) is 16.8 Å². The molecule has 1 aliphatic heterocycles. The molecule has 0 aromatic carbocycles. The molecule has 21 heavy (non-hydrogen) atoms. The van der Waals surface area contributed by atoms with Gasteiger partial charge in [0.25, 0.3) is 5.91 Å². The molecule has 0 spiro atoms. The fourth-order valence-electron chi connectivity index (χ4n) is 2.34. The summed E-state index contributed by atoms with van der Waals surface area (Å²) in [6, 6.07) is 2.03. The normalized spacial score (nSPS) is 18.6. The first-order valence-electron chi connectivity index (χ1n) is 6.91. The van der Waals surface area contributed by atoms with Gasteiger partial charge in [-0.15, -0.1) is 22.7 Å². The third-order valence-corrected chi connectivity index (χ3v) is 6.17. The van der Waals surface area contributed by atoms with Crippen LogP contribution in [-0.4, -0.2) is 30.5 Å². The molecule has 0 saturated carbocycles. The number of rotatable bonds is 4. The first-order valence-corrected chi connectivity index (χ1v) is 9.46. The van der Waals surface area contributed by atoms with Gasteiger partial charge in [0.15, 0.2) is 0 Å². The second-order valence-electron chi connectivity index (χ2n) is 5.09. The van der Waals surface area contributed by atoms with E-state index >= 15 is 0 Å². The van der Waals surface area contributed by atoms with Crippen LogP contribution >= 0.6 is 38.6 Å². The molecule has 2 aromatic heterocycles. The number of thiazole rings is 1. The Labute approximate surface area is 140 Å². The van der Waals surface area contributed by atoms with Gasteiger partial charge < -0.3 is 10.6 Å². The molecular formula is C14H16BrN3OS2. The maximum absolute atomic E-state index is 12.1. The van der Waals surface area contributed by atoms with Gasteiger partial charge in [-0.25, -0.2) is 4.98 Å². The molecule has 3 rings (SSSR count). The average Bonchev–Trinajstić information content (AvgIpc) is 3.14. The van der Waals surface area contributed by atoms with E-state index in [-0.39, 0.29) is 5.91 Å². The summed E-state index contributed by atoms with van der Waals surface area (Å²) < 4.78 is 1.05. The molecule has 0 radical (unpaired) electrons. The van der Waals surface area contributed by atoms with Crippen molar-refractivity contribution in [1.82, 2.24) is 15.6 Å². The van der Waals surface area contributed by atoms with Crippen molar-refractivity contribution in [3.05, 3.63) is 27.0 Å². The highest BCUT2D eigenvalue weighted by molar-refractivity contribution is 9.10. The van der Waals surface area contributed by atoms with Crippen LogP contribution in [0.15, 0.2) is 21.3 Å². The Kier molecular flexibility index (Phi) is 5.05. The van der Waals surface area contributed by atoms with Gasteiger partial charge >= 0.3 is 0 Å². The Morgan fingerprint density at radius 2 is 2.38 bits per heavy atom. The highest BCUT2D eigenvalue weighted by Crippen LogP contribution is 2.31. The van der Waals surface area contributed by atoms with Gasteiger partial charge in [0.1, 0.15) is 10.7 Å². The van der Waals surface area contributed by atoms with Gasteiger partial charge in [0.2, 0.25) is 0 Å². The number of hydrogen-bond donors (Lipinski definition) is 2. The fourth-order valence-corrected chi connectivity index (χ4v) is 4.65. The SMILES string of the molecule is O=C(NCC1CCCNC1)c1csc(-c2cc(Br)cs2)n1. The first kappa shape index (κ1) is 15.1. The van der Waals surface area contributed by atoms with Gasteiger partial charge in [0.05, 0.1) is 4.88 Å². The van der Waals surface area contributed by atoms with Crippen molar-refractivity contribution < 1.29 is 4.79 Å². The second-order valence-corrected chi connectivity index (χ2v) is 7.77. The van der Waals surface area contributed by atoms with Gasteiger partial charge in [-0.05, 0) is 53.8 Å². The molecule has 7 heteroatoms. The Balaban J connectivity index is 1.59. The standard InChI is InChI=1S/C14H16BrN3OS2/c15-10-4-12(20-7-10)14-18-11(8-21-14)13(19)17-6-9-2-1-3-16-5-9/h4,7-9,16H,1-3,5-6H2,(H,17,19). The van der Waals surface area contributed by atoms with Gasteiger partial charge in [-0.2, -0.15) is 0 Å². The number of hydrogen-bond acceptors (Lipinski definition) is 5. The molecule has 1 amide bonds.